The van der Waals surface area contributed by atoms with Crippen molar-refractivity contribution in [3.63, 3.8) is 0 Å². The molecule has 2 aromatic carbocycles. The number of amides is 3. The number of nitrogens with two attached hydrogens (primary N) is 1. The van der Waals surface area contributed by atoms with Gasteiger partial charge in [0.2, 0.25) is 0 Å². The molecule has 0 atom stereocenters. The van der Waals surface area contributed by atoms with Crippen LogP contribution in [0, 0.1) is 5.82 Å². The minimum absolute atomic E-state index is 0.0865. The molecule has 0 saturated carbocycles. The molecule has 136 valence electrons. The Balaban J connectivity index is 1.76. The first kappa shape index (κ1) is 17.9. The second-order valence-electron chi connectivity index (χ2n) is 6.51. The number of carbonyl (C=O) groups is 2. The molecule has 5 nitrogen and oxygen atoms in total. The number of urea groups is 1. The van der Waals surface area contributed by atoms with Gasteiger partial charge < -0.3 is 16.0 Å². The van der Waals surface area contributed by atoms with Crippen molar-refractivity contribution >= 4 is 17.6 Å². The van der Waals surface area contributed by atoms with Crippen molar-refractivity contribution < 1.29 is 14.0 Å². The molecule has 0 unspecified atom stereocenters. The largest absolute Gasteiger partial charge is 0.366 e. The third kappa shape index (κ3) is 3.69. The maximum Gasteiger partial charge on any atom is 0.322 e. The molecule has 3 amide bonds. The van der Waals surface area contributed by atoms with Gasteiger partial charge in [0.1, 0.15) is 5.82 Å². The summed E-state index contributed by atoms with van der Waals surface area (Å²) in [4.78, 5) is 25.9. The molecule has 0 bridgehead atoms. The molecule has 0 radical (unpaired) electrons. The van der Waals surface area contributed by atoms with E-state index in [1.54, 1.807) is 0 Å². The van der Waals surface area contributed by atoms with Gasteiger partial charge in [-0.1, -0.05) is 31.2 Å². The Morgan fingerprint density at radius 1 is 1.19 bits per heavy atom. The van der Waals surface area contributed by atoms with Gasteiger partial charge in [-0.3, -0.25) is 4.79 Å². The van der Waals surface area contributed by atoms with Gasteiger partial charge in [0.15, 0.2) is 0 Å². The second-order valence-corrected chi connectivity index (χ2v) is 6.51. The molecular weight excluding hydrogens is 333 g/mol. The number of benzene rings is 2. The Bertz CT molecular complexity index is 813. The fourth-order valence-corrected chi connectivity index (χ4v) is 3.43. The van der Waals surface area contributed by atoms with E-state index in [0.29, 0.717) is 12.2 Å². The van der Waals surface area contributed by atoms with Crippen molar-refractivity contribution in [2.45, 2.75) is 32.2 Å². The van der Waals surface area contributed by atoms with Gasteiger partial charge in [0, 0.05) is 18.3 Å². The number of hydrogen-bond acceptors (Lipinski definition) is 2. The second kappa shape index (κ2) is 7.56. The van der Waals surface area contributed by atoms with E-state index in [9.17, 15) is 14.0 Å². The van der Waals surface area contributed by atoms with Crippen LogP contribution in [0.1, 0.15) is 34.8 Å². The minimum atomic E-state index is -0.866. The quantitative estimate of drug-likeness (QED) is 0.863. The summed E-state index contributed by atoms with van der Waals surface area (Å²) in [5.74, 6) is -1.57. The standard InChI is InChI=1S/C20H22FN3O2/c1-2-9-24(16-10-13-5-3-4-6-14(13)11-16)20(26)23-15-7-8-18(21)17(12-15)19(22)25/h3-8,12,16H,2,9-11H2,1H3,(H2,22,25)(H,23,26). The predicted molar refractivity (Wildman–Crippen MR) is 98.6 cm³/mol. The van der Waals surface area contributed by atoms with Crippen molar-refractivity contribution in [2.24, 2.45) is 5.73 Å². The maximum atomic E-state index is 13.6. The highest BCUT2D eigenvalue weighted by atomic mass is 19.1. The summed E-state index contributed by atoms with van der Waals surface area (Å²) in [6, 6.07) is 11.9. The topological polar surface area (TPSA) is 75.4 Å². The van der Waals surface area contributed by atoms with Crippen molar-refractivity contribution in [1.82, 2.24) is 4.90 Å². The molecular formula is C20H22FN3O2. The van der Waals surface area contributed by atoms with E-state index in [4.69, 9.17) is 5.73 Å². The van der Waals surface area contributed by atoms with Gasteiger partial charge in [-0.05, 0) is 48.6 Å². The number of rotatable bonds is 5. The van der Waals surface area contributed by atoms with Crippen LogP contribution in [0.5, 0.6) is 0 Å². The van der Waals surface area contributed by atoms with E-state index in [1.807, 2.05) is 24.0 Å². The Hall–Kier alpha value is -2.89. The monoisotopic (exact) mass is 355 g/mol. The third-order valence-electron chi connectivity index (χ3n) is 4.68. The molecule has 0 saturated heterocycles. The van der Waals surface area contributed by atoms with Gasteiger partial charge in [0.25, 0.3) is 5.91 Å². The predicted octanol–water partition coefficient (Wildman–Crippen LogP) is 3.34. The molecule has 1 aliphatic rings. The highest BCUT2D eigenvalue weighted by molar-refractivity contribution is 5.96. The lowest BCUT2D eigenvalue weighted by Crippen LogP contribution is -2.44. The number of nitrogens with one attached hydrogen (secondary N) is 1. The summed E-state index contributed by atoms with van der Waals surface area (Å²) in [7, 11) is 0. The summed E-state index contributed by atoms with van der Waals surface area (Å²) in [6.07, 6.45) is 2.47. The highest BCUT2D eigenvalue weighted by Gasteiger charge is 2.29. The third-order valence-corrected chi connectivity index (χ3v) is 4.68. The van der Waals surface area contributed by atoms with Crippen LogP contribution in [0.15, 0.2) is 42.5 Å². The molecule has 0 aliphatic heterocycles. The van der Waals surface area contributed by atoms with Crippen LogP contribution >= 0.6 is 0 Å². The van der Waals surface area contributed by atoms with Crippen LogP contribution in [-0.4, -0.2) is 29.4 Å². The van der Waals surface area contributed by atoms with E-state index in [-0.39, 0.29) is 17.6 Å². The van der Waals surface area contributed by atoms with Crippen molar-refractivity contribution in [3.05, 3.63) is 65.0 Å². The molecule has 0 aromatic heterocycles. The molecule has 6 heteroatoms. The number of primary amides is 1. The summed E-state index contributed by atoms with van der Waals surface area (Å²) >= 11 is 0. The van der Waals surface area contributed by atoms with E-state index >= 15 is 0 Å². The van der Waals surface area contributed by atoms with E-state index in [0.717, 1.165) is 25.3 Å². The first-order valence-corrected chi connectivity index (χ1v) is 8.73. The van der Waals surface area contributed by atoms with Crippen molar-refractivity contribution in [2.75, 3.05) is 11.9 Å². The molecule has 3 N–H and O–H groups in total. The van der Waals surface area contributed by atoms with Crippen LogP contribution in [0.3, 0.4) is 0 Å². The van der Waals surface area contributed by atoms with E-state index in [1.165, 1.54) is 23.3 Å². The van der Waals surface area contributed by atoms with Gasteiger partial charge in [-0.15, -0.1) is 0 Å². The van der Waals surface area contributed by atoms with Crippen molar-refractivity contribution in [1.29, 1.82) is 0 Å². The molecule has 26 heavy (non-hydrogen) atoms. The summed E-state index contributed by atoms with van der Waals surface area (Å²) < 4.78 is 13.6. The average Bonchev–Trinajstić information content (AvgIpc) is 3.04. The molecule has 3 rings (SSSR count). The number of hydrogen-bond donors (Lipinski definition) is 2. The summed E-state index contributed by atoms with van der Waals surface area (Å²) in [5, 5.41) is 2.77. The zero-order valence-electron chi connectivity index (χ0n) is 14.7. The number of anilines is 1. The molecule has 1 aliphatic carbocycles. The Labute approximate surface area is 152 Å². The molecule has 0 fully saturated rings. The molecule has 2 aromatic rings. The first-order chi connectivity index (χ1) is 12.5. The smallest absolute Gasteiger partial charge is 0.322 e. The lowest BCUT2D eigenvalue weighted by molar-refractivity contribution is 0.0996. The Kier molecular flexibility index (Phi) is 5.21. The number of carbonyl (C=O) groups excluding carboxylic acids is 2. The first-order valence-electron chi connectivity index (χ1n) is 8.73. The summed E-state index contributed by atoms with van der Waals surface area (Å²) in [5.41, 5.74) is 7.81. The fraction of sp³-hybridized carbons (Fsp3) is 0.300. The Morgan fingerprint density at radius 3 is 2.42 bits per heavy atom. The van der Waals surface area contributed by atoms with E-state index < -0.39 is 11.7 Å². The average molecular weight is 355 g/mol. The number of nitrogens with zero attached hydrogens (tertiary/aromatic N) is 1. The van der Waals surface area contributed by atoms with Gasteiger partial charge in [-0.2, -0.15) is 0 Å². The van der Waals surface area contributed by atoms with E-state index in [2.05, 4.69) is 17.4 Å². The molecule has 0 spiro atoms. The van der Waals surface area contributed by atoms with Crippen LogP contribution in [0.25, 0.3) is 0 Å². The maximum absolute atomic E-state index is 13.6. The van der Waals surface area contributed by atoms with Gasteiger partial charge >= 0.3 is 6.03 Å². The lowest BCUT2D eigenvalue weighted by Gasteiger charge is -2.29. The summed E-state index contributed by atoms with van der Waals surface area (Å²) in [6.45, 7) is 2.64. The van der Waals surface area contributed by atoms with Crippen LogP contribution < -0.4 is 11.1 Å². The molecule has 0 heterocycles. The SMILES string of the molecule is CCCN(C(=O)Nc1ccc(F)c(C(N)=O)c1)C1Cc2ccccc2C1. The van der Waals surface area contributed by atoms with Crippen LogP contribution in [-0.2, 0) is 12.8 Å². The number of halogens is 1. The van der Waals surface area contributed by atoms with Gasteiger partial charge in [-0.25, -0.2) is 9.18 Å². The number of fused-ring (bicyclic) bond motifs is 1. The normalized spacial score (nSPS) is 13.3. The van der Waals surface area contributed by atoms with Crippen LogP contribution in [0.4, 0.5) is 14.9 Å². The highest BCUT2D eigenvalue weighted by Crippen LogP contribution is 2.26. The lowest BCUT2D eigenvalue weighted by atomic mass is 10.1. The van der Waals surface area contributed by atoms with Gasteiger partial charge in [0.05, 0.1) is 5.56 Å². The zero-order chi connectivity index (χ0) is 18.7. The fourth-order valence-electron chi connectivity index (χ4n) is 3.43. The van der Waals surface area contributed by atoms with Crippen LogP contribution in [0.2, 0.25) is 0 Å². The minimum Gasteiger partial charge on any atom is -0.366 e. The zero-order valence-corrected chi connectivity index (χ0v) is 14.7. The van der Waals surface area contributed by atoms with Crippen molar-refractivity contribution in [3.8, 4) is 0 Å². The Morgan fingerprint density at radius 2 is 1.85 bits per heavy atom.